The Kier molecular flexibility index (Phi) is 6.84. The molecule has 0 aromatic heterocycles. The Morgan fingerprint density at radius 1 is 0.848 bits per heavy atom. The van der Waals surface area contributed by atoms with Crippen LogP contribution in [0, 0.1) is 13.8 Å². The molecule has 1 saturated heterocycles. The summed E-state index contributed by atoms with van der Waals surface area (Å²) in [6, 6.07) is 18.0. The van der Waals surface area contributed by atoms with Gasteiger partial charge >= 0.3 is 6.03 Å². The molecule has 7 heteroatoms. The van der Waals surface area contributed by atoms with E-state index < -0.39 is 0 Å². The maximum atomic E-state index is 12.8. The van der Waals surface area contributed by atoms with Crippen LogP contribution in [0.4, 0.5) is 27.5 Å². The van der Waals surface area contributed by atoms with Gasteiger partial charge in [0.2, 0.25) is 0 Å². The van der Waals surface area contributed by atoms with Gasteiger partial charge in [0.1, 0.15) is 0 Å². The summed E-state index contributed by atoms with van der Waals surface area (Å²) in [7, 11) is 0. The number of benzene rings is 3. The molecule has 0 saturated carbocycles. The summed E-state index contributed by atoms with van der Waals surface area (Å²) in [4.78, 5) is 27.7. The van der Waals surface area contributed by atoms with Gasteiger partial charge < -0.3 is 20.9 Å². The van der Waals surface area contributed by atoms with Crippen molar-refractivity contribution in [3.63, 3.8) is 0 Å². The largest absolute Gasteiger partial charge is 0.370 e. The number of rotatable bonds is 5. The molecule has 3 aromatic rings. The fourth-order valence-electron chi connectivity index (χ4n) is 3.89. The monoisotopic (exact) mass is 462 g/mol. The van der Waals surface area contributed by atoms with Crippen molar-refractivity contribution in [2.45, 2.75) is 26.7 Å². The van der Waals surface area contributed by atoms with E-state index in [1.54, 1.807) is 24.3 Å². The van der Waals surface area contributed by atoms with Crippen LogP contribution in [-0.2, 0) is 0 Å². The molecule has 6 nitrogen and oxygen atoms in total. The highest BCUT2D eigenvalue weighted by molar-refractivity contribution is 6.31. The Morgan fingerprint density at radius 2 is 1.58 bits per heavy atom. The third-order valence-electron chi connectivity index (χ3n) is 5.66. The second-order valence-electron chi connectivity index (χ2n) is 8.29. The van der Waals surface area contributed by atoms with E-state index in [9.17, 15) is 9.59 Å². The average molecular weight is 463 g/mol. The van der Waals surface area contributed by atoms with Crippen molar-refractivity contribution in [3.05, 3.63) is 82.4 Å². The highest BCUT2D eigenvalue weighted by Gasteiger charge is 2.18. The van der Waals surface area contributed by atoms with Gasteiger partial charge in [-0.2, -0.15) is 0 Å². The highest BCUT2D eigenvalue weighted by atomic mass is 35.5. The Morgan fingerprint density at radius 3 is 2.30 bits per heavy atom. The smallest absolute Gasteiger partial charge is 0.323 e. The fourth-order valence-corrected chi connectivity index (χ4v) is 4.07. The van der Waals surface area contributed by atoms with E-state index in [0.29, 0.717) is 27.6 Å². The number of nitrogens with zero attached hydrogens (tertiary/aromatic N) is 1. The summed E-state index contributed by atoms with van der Waals surface area (Å²) in [5.41, 5.74) is 5.32. The van der Waals surface area contributed by atoms with E-state index >= 15 is 0 Å². The number of hydrogen-bond donors (Lipinski definition) is 3. The third kappa shape index (κ3) is 5.65. The molecule has 0 bridgehead atoms. The van der Waals surface area contributed by atoms with Gasteiger partial charge in [0.15, 0.2) is 0 Å². The Balaban J connectivity index is 1.55. The number of anilines is 4. The molecule has 3 amide bonds. The first kappa shape index (κ1) is 22.7. The quantitative estimate of drug-likeness (QED) is 0.407. The number of hydrogen-bond acceptors (Lipinski definition) is 3. The van der Waals surface area contributed by atoms with E-state index in [0.717, 1.165) is 42.7 Å². The topological polar surface area (TPSA) is 73.5 Å². The SMILES string of the molecule is Cc1cccc(C(=O)Nc2ccc(N3CCCC3)c(NC(=O)Nc3ccc(C)c(Cl)c3)c2)c1. The fraction of sp³-hybridized carbons (Fsp3) is 0.231. The number of aryl methyl sites for hydroxylation is 2. The lowest BCUT2D eigenvalue weighted by Gasteiger charge is -2.22. The summed E-state index contributed by atoms with van der Waals surface area (Å²) >= 11 is 6.18. The Labute approximate surface area is 198 Å². The van der Waals surface area contributed by atoms with Crippen molar-refractivity contribution in [1.82, 2.24) is 0 Å². The molecule has 1 aliphatic heterocycles. The molecular formula is C26H27ClN4O2. The van der Waals surface area contributed by atoms with E-state index in [1.807, 2.05) is 50.2 Å². The Hall–Kier alpha value is -3.51. The molecule has 4 rings (SSSR count). The van der Waals surface area contributed by atoms with Crippen LogP contribution in [0.2, 0.25) is 5.02 Å². The number of carbonyl (C=O) groups excluding carboxylic acids is 2. The van der Waals surface area contributed by atoms with Gasteiger partial charge in [0.25, 0.3) is 5.91 Å². The van der Waals surface area contributed by atoms with Gasteiger partial charge in [-0.3, -0.25) is 4.79 Å². The summed E-state index contributed by atoms with van der Waals surface area (Å²) in [6.07, 6.45) is 2.22. The first-order valence-electron chi connectivity index (χ1n) is 11.0. The predicted octanol–water partition coefficient (Wildman–Crippen LogP) is 6.45. The number of carbonyl (C=O) groups is 2. The zero-order valence-electron chi connectivity index (χ0n) is 18.7. The zero-order chi connectivity index (χ0) is 23.4. The summed E-state index contributed by atoms with van der Waals surface area (Å²) < 4.78 is 0. The first-order chi connectivity index (χ1) is 15.9. The maximum absolute atomic E-state index is 12.8. The van der Waals surface area contributed by atoms with Crippen molar-refractivity contribution in [1.29, 1.82) is 0 Å². The van der Waals surface area contributed by atoms with Crippen molar-refractivity contribution < 1.29 is 9.59 Å². The third-order valence-corrected chi connectivity index (χ3v) is 6.07. The standard InChI is InChI=1S/C26H27ClN4O2/c1-17-6-5-7-19(14-17)25(32)28-21-10-11-24(31-12-3-4-13-31)23(16-21)30-26(33)29-20-9-8-18(2)22(27)15-20/h5-11,14-16H,3-4,12-13H2,1-2H3,(H,28,32)(H2,29,30,33). The lowest BCUT2D eigenvalue weighted by Crippen LogP contribution is -2.24. The molecule has 0 spiro atoms. The van der Waals surface area contributed by atoms with Crippen LogP contribution in [-0.4, -0.2) is 25.0 Å². The van der Waals surface area contributed by atoms with Crippen molar-refractivity contribution in [2.24, 2.45) is 0 Å². The minimum atomic E-state index is -0.377. The van der Waals surface area contributed by atoms with Gasteiger partial charge in [-0.25, -0.2) is 4.79 Å². The average Bonchev–Trinajstić information content (AvgIpc) is 3.31. The molecule has 0 aliphatic carbocycles. The van der Waals surface area contributed by atoms with E-state index in [2.05, 4.69) is 20.9 Å². The molecule has 1 aliphatic rings. The molecule has 3 aromatic carbocycles. The number of amides is 3. The van der Waals surface area contributed by atoms with Crippen LogP contribution in [0.15, 0.2) is 60.7 Å². The normalized spacial score (nSPS) is 13.0. The molecule has 0 radical (unpaired) electrons. The van der Waals surface area contributed by atoms with Gasteiger partial charge in [-0.15, -0.1) is 0 Å². The van der Waals surface area contributed by atoms with E-state index in [-0.39, 0.29) is 11.9 Å². The Bertz CT molecular complexity index is 1190. The second kappa shape index (κ2) is 9.96. The van der Waals surface area contributed by atoms with E-state index in [1.165, 1.54) is 0 Å². The summed E-state index contributed by atoms with van der Waals surface area (Å²) in [5.74, 6) is -0.197. The van der Waals surface area contributed by atoms with Gasteiger partial charge in [0.05, 0.1) is 11.4 Å². The van der Waals surface area contributed by atoms with Gasteiger partial charge in [-0.1, -0.05) is 35.4 Å². The van der Waals surface area contributed by atoms with Crippen molar-refractivity contribution in [2.75, 3.05) is 33.9 Å². The van der Waals surface area contributed by atoms with Crippen LogP contribution in [0.3, 0.4) is 0 Å². The summed E-state index contributed by atoms with van der Waals surface area (Å²) in [6.45, 7) is 5.71. The molecule has 1 heterocycles. The minimum absolute atomic E-state index is 0.197. The minimum Gasteiger partial charge on any atom is -0.370 e. The maximum Gasteiger partial charge on any atom is 0.323 e. The second-order valence-corrected chi connectivity index (χ2v) is 8.70. The molecule has 0 atom stereocenters. The van der Waals surface area contributed by atoms with Crippen molar-refractivity contribution in [3.8, 4) is 0 Å². The van der Waals surface area contributed by atoms with Crippen LogP contribution in [0.25, 0.3) is 0 Å². The molecule has 0 unspecified atom stereocenters. The number of halogens is 1. The first-order valence-corrected chi connectivity index (χ1v) is 11.4. The van der Waals surface area contributed by atoms with Crippen LogP contribution < -0.4 is 20.9 Å². The molecule has 3 N–H and O–H groups in total. The lowest BCUT2D eigenvalue weighted by atomic mass is 10.1. The molecule has 33 heavy (non-hydrogen) atoms. The van der Waals surface area contributed by atoms with Gasteiger partial charge in [-0.05, 0) is 74.7 Å². The van der Waals surface area contributed by atoms with E-state index in [4.69, 9.17) is 11.6 Å². The highest BCUT2D eigenvalue weighted by Crippen LogP contribution is 2.32. The predicted molar refractivity (Wildman–Crippen MR) is 136 cm³/mol. The number of urea groups is 1. The van der Waals surface area contributed by atoms with Crippen molar-refractivity contribution >= 4 is 46.3 Å². The zero-order valence-corrected chi connectivity index (χ0v) is 19.5. The summed E-state index contributed by atoms with van der Waals surface area (Å²) in [5, 5.41) is 9.30. The van der Waals surface area contributed by atoms with Crippen LogP contribution in [0.5, 0.6) is 0 Å². The van der Waals surface area contributed by atoms with Crippen LogP contribution >= 0.6 is 11.6 Å². The molecular weight excluding hydrogens is 436 g/mol. The lowest BCUT2D eigenvalue weighted by molar-refractivity contribution is 0.102. The molecule has 1 fully saturated rings. The number of nitrogens with one attached hydrogen (secondary N) is 3. The van der Waals surface area contributed by atoms with Gasteiger partial charge in [0, 0.05) is 35.1 Å². The van der Waals surface area contributed by atoms with Crippen LogP contribution in [0.1, 0.15) is 34.3 Å². The molecule has 170 valence electrons.